The Morgan fingerprint density at radius 2 is 1.70 bits per heavy atom. The number of hydrogen-bond donors (Lipinski definition) is 2. The number of carbonyl (C=O) groups is 3. The van der Waals surface area contributed by atoms with Crippen molar-refractivity contribution in [3.05, 3.63) is 53.1 Å². The molecule has 0 bridgehead atoms. The van der Waals surface area contributed by atoms with E-state index in [2.05, 4.69) is 20.7 Å². The van der Waals surface area contributed by atoms with Crippen molar-refractivity contribution in [2.75, 3.05) is 48.9 Å². The summed E-state index contributed by atoms with van der Waals surface area (Å²) in [6.45, 7) is 0.339. The molecule has 2 aromatic carbocycles. The summed E-state index contributed by atoms with van der Waals surface area (Å²) >= 11 is 0. The molecule has 1 atom stereocenters. The maximum Gasteiger partial charge on any atom is 0.317 e. The first kappa shape index (κ1) is 33.3. The van der Waals surface area contributed by atoms with Gasteiger partial charge in [0.05, 0.1) is 18.8 Å². The van der Waals surface area contributed by atoms with Crippen LogP contribution in [0.3, 0.4) is 0 Å². The van der Waals surface area contributed by atoms with Gasteiger partial charge in [-0.1, -0.05) is 25.3 Å². The van der Waals surface area contributed by atoms with E-state index in [-0.39, 0.29) is 30.1 Å². The Morgan fingerprint density at radius 1 is 0.978 bits per heavy atom. The number of amides is 4. The van der Waals surface area contributed by atoms with E-state index < -0.39 is 16.1 Å². The van der Waals surface area contributed by atoms with Crippen LogP contribution in [0.15, 0.2) is 36.4 Å². The van der Waals surface area contributed by atoms with Gasteiger partial charge in [-0.2, -0.15) is 12.7 Å². The summed E-state index contributed by atoms with van der Waals surface area (Å²) < 4.78 is 35.8. The monoisotopic (exact) mass is 652 g/mol. The van der Waals surface area contributed by atoms with E-state index in [4.69, 9.17) is 4.74 Å². The Morgan fingerprint density at radius 3 is 2.35 bits per heavy atom. The number of hydrogen-bond acceptors (Lipinski definition) is 6. The number of nitrogens with one attached hydrogen (secondary N) is 2. The van der Waals surface area contributed by atoms with Crippen LogP contribution in [0.1, 0.15) is 59.5 Å². The van der Waals surface area contributed by atoms with E-state index in [1.165, 1.54) is 35.9 Å². The van der Waals surface area contributed by atoms with E-state index in [0.717, 1.165) is 57.7 Å². The number of methoxy groups -OCH3 is 1. The largest absolute Gasteiger partial charge is 0.497 e. The van der Waals surface area contributed by atoms with Crippen molar-refractivity contribution in [2.45, 2.75) is 57.0 Å². The van der Waals surface area contributed by atoms with Crippen LogP contribution in [0.25, 0.3) is 22.2 Å². The first-order valence-corrected chi connectivity index (χ1v) is 17.0. The summed E-state index contributed by atoms with van der Waals surface area (Å²) in [7, 11) is 5.24. The Labute approximate surface area is 270 Å². The zero-order chi connectivity index (χ0) is 33.3. The molecule has 4 amide bonds. The van der Waals surface area contributed by atoms with Crippen LogP contribution in [-0.4, -0.2) is 99.9 Å². The highest BCUT2D eigenvalue weighted by atomic mass is 32.2. The molecule has 13 heteroatoms. The summed E-state index contributed by atoms with van der Waals surface area (Å²) in [5, 5.41) is 4.16. The molecular formula is C33H44N6O6S. The molecule has 5 rings (SSSR count). The minimum atomic E-state index is -3.99. The second-order valence-electron chi connectivity index (χ2n) is 12.7. The third-order valence-electron chi connectivity index (χ3n) is 9.06. The number of likely N-dealkylation sites (N-methyl/N-ethyl adjacent to an activating group) is 2. The van der Waals surface area contributed by atoms with E-state index in [1.54, 1.807) is 40.4 Å². The predicted molar refractivity (Wildman–Crippen MR) is 177 cm³/mol. The second kappa shape index (κ2) is 13.3. The zero-order valence-corrected chi connectivity index (χ0v) is 28.2. The molecule has 12 nitrogen and oxygen atoms in total. The lowest BCUT2D eigenvalue weighted by Crippen LogP contribution is -2.48. The lowest BCUT2D eigenvalue weighted by Gasteiger charge is -2.24. The summed E-state index contributed by atoms with van der Waals surface area (Å²) in [5.41, 5.74) is 5.33. The average Bonchev–Trinajstić information content (AvgIpc) is 3.24. The van der Waals surface area contributed by atoms with Crippen LogP contribution in [-0.2, 0) is 28.0 Å². The van der Waals surface area contributed by atoms with Gasteiger partial charge >= 0.3 is 16.2 Å². The minimum Gasteiger partial charge on any atom is -0.497 e. The second-order valence-corrected chi connectivity index (χ2v) is 14.6. The quantitative estimate of drug-likeness (QED) is 0.383. The van der Waals surface area contributed by atoms with Gasteiger partial charge in [0.15, 0.2) is 0 Å². The number of fused-ring (bicyclic) bond motifs is 5. The Bertz CT molecular complexity index is 1760. The van der Waals surface area contributed by atoms with Crippen molar-refractivity contribution < 1.29 is 27.5 Å². The molecule has 1 aliphatic carbocycles. The van der Waals surface area contributed by atoms with Crippen molar-refractivity contribution in [1.29, 1.82) is 0 Å². The summed E-state index contributed by atoms with van der Waals surface area (Å²) in [4.78, 5) is 41.7. The summed E-state index contributed by atoms with van der Waals surface area (Å²) in [6, 6.07) is 10.6. The maximum atomic E-state index is 13.4. The smallest absolute Gasteiger partial charge is 0.317 e. The van der Waals surface area contributed by atoms with Crippen LogP contribution >= 0.6 is 0 Å². The Hall–Kier alpha value is -4.10. The van der Waals surface area contributed by atoms with Crippen molar-refractivity contribution in [3.8, 4) is 17.0 Å². The molecule has 46 heavy (non-hydrogen) atoms. The molecule has 1 unspecified atom stereocenters. The van der Waals surface area contributed by atoms with Gasteiger partial charge in [0, 0.05) is 63.8 Å². The lowest BCUT2D eigenvalue weighted by molar-refractivity contribution is -0.129. The molecule has 248 valence electrons. The van der Waals surface area contributed by atoms with Gasteiger partial charge in [-0.05, 0) is 66.6 Å². The highest BCUT2D eigenvalue weighted by molar-refractivity contribution is 7.87. The van der Waals surface area contributed by atoms with E-state index in [9.17, 15) is 22.8 Å². The van der Waals surface area contributed by atoms with Gasteiger partial charge < -0.3 is 24.4 Å². The van der Waals surface area contributed by atoms with Crippen LogP contribution in [0.5, 0.6) is 5.75 Å². The first-order valence-electron chi connectivity index (χ1n) is 15.6. The molecular weight excluding hydrogens is 608 g/mol. The fourth-order valence-electron chi connectivity index (χ4n) is 6.51. The molecule has 1 aromatic heterocycles. The molecule has 1 aliphatic heterocycles. The molecule has 1 saturated carbocycles. The fourth-order valence-corrected chi connectivity index (χ4v) is 7.05. The third kappa shape index (κ3) is 6.70. The molecule has 2 aliphatic rings. The minimum absolute atomic E-state index is 0.0617. The van der Waals surface area contributed by atoms with Gasteiger partial charge in [-0.15, -0.1) is 0 Å². The van der Waals surface area contributed by atoms with Crippen LogP contribution < -0.4 is 14.8 Å². The number of urea groups is 1. The topological polar surface area (TPSA) is 133 Å². The summed E-state index contributed by atoms with van der Waals surface area (Å²) in [5.74, 6) is 0.112. The SMILES string of the molecule is COc1ccc2c(c1)CC(NC(=O)N(C)CC(=O)N(C)C)Cn1c-2c(C2CCCCC2)c2ccc(C(=O)NS(=O)(=O)N(C)C)cc21. The molecule has 2 heterocycles. The highest BCUT2D eigenvalue weighted by Gasteiger charge is 2.32. The van der Waals surface area contributed by atoms with Gasteiger partial charge in [0.25, 0.3) is 5.91 Å². The van der Waals surface area contributed by atoms with Gasteiger partial charge in [0.2, 0.25) is 5.91 Å². The van der Waals surface area contributed by atoms with Crippen molar-refractivity contribution in [3.63, 3.8) is 0 Å². The standard InChI is InChI=1S/C33H44N6O6S/c1-36(2)29(40)20-38(5)33(42)34-24-16-23-17-25(45-6)13-15-26(23)31-30(21-10-8-7-9-11-21)27-14-12-22(18-28(27)39(31)19-24)32(41)35-46(43,44)37(3)4/h12-15,17-18,21,24H,7-11,16,19-20H2,1-6H3,(H,34,42)(H,35,41). The number of benzene rings is 2. The van der Waals surface area contributed by atoms with Crippen molar-refractivity contribution in [2.24, 2.45) is 0 Å². The highest BCUT2D eigenvalue weighted by Crippen LogP contribution is 2.46. The Kier molecular flexibility index (Phi) is 9.64. The van der Waals surface area contributed by atoms with Crippen molar-refractivity contribution >= 4 is 39.0 Å². The van der Waals surface area contributed by atoms with Crippen LogP contribution in [0.4, 0.5) is 4.79 Å². The summed E-state index contributed by atoms with van der Waals surface area (Å²) in [6.07, 6.45) is 6.07. The van der Waals surface area contributed by atoms with Gasteiger partial charge in [-0.3, -0.25) is 9.59 Å². The maximum absolute atomic E-state index is 13.4. The fraction of sp³-hybridized carbons (Fsp3) is 0.485. The average molecular weight is 653 g/mol. The zero-order valence-electron chi connectivity index (χ0n) is 27.4. The van der Waals surface area contributed by atoms with Crippen molar-refractivity contribution in [1.82, 2.24) is 28.7 Å². The molecule has 0 saturated heterocycles. The number of aromatic nitrogens is 1. The molecule has 0 radical (unpaired) electrons. The molecule has 1 fully saturated rings. The van der Waals surface area contributed by atoms with E-state index >= 15 is 0 Å². The number of ether oxygens (including phenoxy) is 1. The molecule has 3 aromatic rings. The first-order chi connectivity index (χ1) is 21.8. The van der Waals surface area contributed by atoms with Crippen LogP contribution in [0, 0.1) is 0 Å². The lowest BCUT2D eigenvalue weighted by atomic mass is 9.81. The number of nitrogens with zero attached hydrogens (tertiary/aromatic N) is 4. The van der Waals surface area contributed by atoms with E-state index in [0.29, 0.717) is 24.6 Å². The van der Waals surface area contributed by atoms with Crippen LogP contribution in [0.2, 0.25) is 0 Å². The number of carbonyl (C=O) groups excluding carboxylic acids is 3. The molecule has 2 N–H and O–H groups in total. The van der Waals surface area contributed by atoms with Gasteiger partial charge in [-0.25, -0.2) is 9.52 Å². The van der Waals surface area contributed by atoms with Gasteiger partial charge in [0.1, 0.15) is 12.3 Å². The predicted octanol–water partition coefficient (Wildman–Crippen LogP) is 3.56. The normalized spacial score (nSPS) is 16.7. The third-order valence-corrected chi connectivity index (χ3v) is 10.5. The van der Waals surface area contributed by atoms with E-state index in [1.807, 2.05) is 18.2 Å². The molecule has 0 spiro atoms. The number of rotatable bonds is 8. The Balaban J connectivity index is 1.65.